The van der Waals surface area contributed by atoms with E-state index in [9.17, 15) is 9.90 Å². The highest BCUT2D eigenvalue weighted by molar-refractivity contribution is 5.93. The van der Waals surface area contributed by atoms with Gasteiger partial charge in [0.05, 0.1) is 6.10 Å². The van der Waals surface area contributed by atoms with Crippen molar-refractivity contribution in [3.63, 3.8) is 0 Å². The zero-order valence-corrected chi connectivity index (χ0v) is 8.94. The van der Waals surface area contributed by atoms with Gasteiger partial charge in [-0.3, -0.25) is 4.79 Å². The van der Waals surface area contributed by atoms with Crippen molar-refractivity contribution in [1.29, 1.82) is 0 Å². The predicted octanol–water partition coefficient (Wildman–Crippen LogP) is 2.13. The first-order chi connectivity index (χ1) is 7.11. The number of rotatable bonds is 5. The molecule has 0 aliphatic carbocycles. The van der Waals surface area contributed by atoms with Gasteiger partial charge >= 0.3 is 0 Å². The third-order valence-electron chi connectivity index (χ3n) is 2.40. The van der Waals surface area contributed by atoms with Crippen LogP contribution in [0.4, 0.5) is 0 Å². The third kappa shape index (κ3) is 3.68. The lowest BCUT2D eigenvalue weighted by atomic mass is 10.0. The molecule has 0 fully saturated rings. The number of carbonyl (C=O) groups excluding carboxylic acids is 1. The van der Waals surface area contributed by atoms with Crippen LogP contribution in [0.3, 0.4) is 0 Å². The van der Waals surface area contributed by atoms with Crippen molar-refractivity contribution in [2.24, 2.45) is 0 Å². The summed E-state index contributed by atoms with van der Waals surface area (Å²) in [7, 11) is 0. The summed E-state index contributed by atoms with van der Waals surface area (Å²) in [6.07, 6.45) is 0.583. The van der Waals surface area contributed by atoms with E-state index in [0.717, 1.165) is 12.0 Å². The van der Waals surface area contributed by atoms with Gasteiger partial charge in [0.25, 0.3) is 0 Å². The average Bonchev–Trinajstić information content (AvgIpc) is 2.26. The molecule has 1 N–H and O–H groups in total. The molecule has 1 atom stereocenters. The summed E-state index contributed by atoms with van der Waals surface area (Å²) < 4.78 is 0. The van der Waals surface area contributed by atoms with E-state index in [-0.39, 0.29) is 5.78 Å². The second-order valence-electron chi connectivity index (χ2n) is 3.62. The first-order valence-corrected chi connectivity index (χ1v) is 5.03. The lowest BCUT2D eigenvalue weighted by Gasteiger charge is -2.10. The van der Waals surface area contributed by atoms with Crippen LogP contribution in [0, 0.1) is 0 Å². The fourth-order valence-corrected chi connectivity index (χ4v) is 1.36. The third-order valence-corrected chi connectivity index (χ3v) is 2.40. The van der Waals surface area contributed by atoms with Crippen molar-refractivity contribution < 1.29 is 9.90 Å². The summed E-state index contributed by atoms with van der Waals surface area (Å²) in [6, 6.07) is 9.88. The molecule has 0 heterocycles. The molecule has 80 valence electrons. The van der Waals surface area contributed by atoms with Crippen molar-refractivity contribution in [3.8, 4) is 0 Å². The van der Waals surface area contributed by atoms with Crippen molar-refractivity contribution in [2.75, 3.05) is 0 Å². The molecule has 1 aromatic carbocycles. The van der Waals surface area contributed by atoms with E-state index in [1.165, 1.54) is 6.92 Å². The Bertz CT molecular complexity index is 341. The summed E-state index contributed by atoms with van der Waals surface area (Å²) in [5, 5.41) is 9.63. The number of aliphatic hydroxyl groups excluding tert-OH is 1. The Morgan fingerprint density at radius 2 is 2.00 bits per heavy atom. The number of hydrogen-bond donors (Lipinski definition) is 1. The molecule has 0 aliphatic rings. The molecule has 1 rings (SSSR count). The van der Waals surface area contributed by atoms with Crippen LogP contribution in [0.1, 0.15) is 18.9 Å². The molecule has 0 radical (unpaired) electrons. The van der Waals surface area contributed by atoms with Crippen LogP contribution < -0.4 is 0 Å². The van der Waals surface area contributed by atoms with Gasteiger partial charge in [-0.2, -0.15) is 0 Å². The standard InChI is InChI=1S/C13H16O2/c1-10(11(2)14)13(15)9-8-12-6-4-3-5-7-12/h3-7,13,15H,1,8-9H2,2H3/t13-/m1/s1. The average molecular weight is 204 g/mol. The largest absolute Gasteiger partial charge is 0.388 e. The first kappa shape index (κ1) is 11.7. The highest BCUT2D eigenvalue weighted by atomic mass is 16.3. The molecule has 0 spiro atoms. The van der Waals surface area contributed by atoms with E-state index in [1.807, 2.05) is 30.3 Å². The van der Waals surface area contributed by atoms with Gasteiger partial charge in [0.2, 0.25) is 0 Å². The van der Waals surface area contributed by atoms with Gasteiger partial charge in [-0.25, -0.2) is 0 Å². The van der Waals surface area contributed by atoms with Crippen molar-refractivity contribution in [1.82, 2.24) is 0 Å². The summed E-state index contributed by atoms with van der Waals surface area (Å²) >= 11 is 0. The highest BCUT2D eigenvalue weighted by Crippen LogP contribution is 2.10. The fraction of sp³-hybridized carbons (Fsp3) is 0.308. The molecule has 0 bridgehead atoms. The minimum absolute atomic E-state index is 0.143. The van der Waals surface area contributed by atoms with Crippen LogP contribution in [0.25, 0.3) is 0 Å². The summed E-state index contributed by atoms with van der Waals surface area (Å²) in [4.78, 5) is 10.9. The summed E-state index contributed by atoms with van der Waals surface area (Å²) in [5.74, 6) is -0.143. The maximum atomic E-state index is 10.9. The zero-order valence-electron chi connectivity index (χ0n) is 8.94. The number of carbonyl (C=O) groups is 1. The molecule has 0 amide bonds. The Kier molecular flexibility index (Phi) is 4.25. The van der Waals surface area contributed by atoms with E-state index >= 15 is 0 Å². The molecule has 1 aromatic rings. The maximum Gasteiger partial charge on any atom is 0.157 e. The van der Waals surface area contributed by atoms with E-state index in [2.05, 4.69) is 6.58 Å². The minimum Gasteiger partial charge on any atom is -0.388 e. The number of Topliss-reactive ketones (excluding diaryl/α,β-unsaturated/α-hetero) is 1. The van der Waals surface area contributed by atoms with Gasteiger partial charge in [0.15, 0.2) is 5.78 Å². The number of aliphatic hydroxyl groups is 1. The summed E-state index contributed by atoms with van der Waals surface area (Å²) in [6.45, 7) is 4.99. The quantitative estimate of drug-likeness (QED) is 0.746. The van der Waals surface area contributed by atoms with Crippen LogP contribution in [0.5, 0.6) is 0 Å². The second-order valence-corrected chi connectivity index (χ2v) is 3.62. The number of aryl methyl sites for hydroxylation is 1. The van der Waals surface area contributed by atoms with Crippen molar-refractivity contribution in [3.05, 3.63) is 48.0 Å². The van der Waals surface area contributed by atoms with Crippen LogP contribution in [-0.2, 0) is 11.2 Å². The Morgan fingerprint density at radius 3 is 2.53 bits per heavy atom. The van der Waals surface area contributed by atoms with Gasteiger partial charge in [-0.05, 0) is 25.3 Å². The van der Waals surface area contributed by atoms with Crippen LogP contribution in [-0.4, -0.2) is 17.0 Å². The van der Waals surface area contributed by atoms with Crippen molar-refractivity contribution in [2.45, 2.75) is 25.9 Å². The molecule has 2 nitrogen and oxygen atoms in total. The summed E-state index contributed by atoms with van der Waals surface area (Å²) in [5.41, 5.74) is 1.46. The molecular formula is C13H16O2. The molecule has 15 heavy (non-hydrogen) atoms. The molecule has 0 saturated heterocycles. The van der Waals surface area contributed by atoms with Gasteiger partial charge in [-0.1, -0.05) is 36.9 Å². The molecule has 0 aromatic heterocycles. The molecular weight excluding hydrogens is 188 g/mol. The van der Waals surface area contributed by atoms with E-state index < -0.39 is 6.10 Å². The van der Waals surface area contributed by atoms with Gasteiger partial charge < -0.3 is 5.11 Å². The molecule has 0 unspecified atom stereocenters. The Morgan fingerprint density at radius 1 is 1.40 bits per heavy atom. The lowest BCUT2D eigenvalue weighted by molar-refractivity contribution is -0.114. The van der Waals surface area contributed by atoms with Gasteiger partial charge in [0, 0.05) is 5.57 Å². The topological polar surface area (TPSA) is 37.3 Å². The molecule has 2 heteroatoms. The molecule has 0 aliphatic heterocycles. The van der Waals surface area contributed by atoms with Crippen LogP contribution in [0.15, 0.2) is 42.5 Å². The Balaban J connectivity index is 2.44. The van der Waals surface area contributed by atoms with Crippen LogP contribution >= 0.6 is 0 Å². The van der Waals surface area contributed by atoms with Gasteiger partial charge in [0.1, 0.15) is 0 Å². The first-order valence-electron chi connectivity index (χ1n) is 5.03. The van der Waals surface area contributed by atoms with Crippen LogP contribution in [0.2, 0.25) is 0 Å². The Hall–Kier alpha value is -1.41. The molecule has 0 saturated carbocycles. The van der Waals surface area contributed by atoms with E-state index in [0.29, 0.717) is 12.0 Å². The second kappa shape index (κ2) is 5.47. The fourth-order valence-electron chi connectivity index (χ4n) is 1.36. The predicted molar refractivity (Wildman–Crippen MR) is 60.6 cm³/mol. The monoisotopic (exact) mass is 204 g/mol. The minimum atomic E-state index is -0.720. The number of hydrogen-bond acceptors (Lipinski definition) is 2. The Labute approximate surface area is 90.3 Å². The van der Waals surface area contributed by atoms with E-state index in [1.54, 1.807) is 0 Å². The highest BCUT2D eigenvalue weighted by Gasteiger charge is 2.12. The lowest BCUT2D eigenvalue weighted by Crippen LogP contribution is -2.15. The van der Waals surface area contributed by atoms with Gasteiger partial charge in [-0.15, -0.1) is 0 Å². The van der Waals surface area contributed by atoms with E-state index in [4.69, 9.17) is 0 Å². The maximum absolute atomic E-state index is 10.9. The number of ketones is 1. The normalized spacial score (nSPS) is 12.1. The van der Waals surface area contributed by atoms with Crippen molar-refractivity contribution >= 4 is 5.78 Å². The SMILES string of the molecule is C=C(C(C)=O)[C@H](O)CCc1ccccc1. The number of benzene rings is 1. The zero-order chi connectivity index (χ0) is 11.3. The smallest absolute Gasteiger partial charge is 0.157 e.